The van der Waals surface area contributed by atoms with Gasteiger partial charge in [0.15, 0.2) is 0 Å². The van der Waals surface area contributed by atoms with E-state index in [0.717, 1.165) is 24.8 Å². The van der Waals surface area contributed by atoms with Crippen LogP contribution in [-0.4, -0.2) is 19.4 Å². The largest absolute Gasteiger partial charge is 0.411 e. The Morgan fingerprint density at radius 2 is 1.84 bits per heavy atom. The molecular weight excluding hydrogens is 277 g/mol. The monoisotopic (exact) mass is 294 g/mol. The number of benzene rings is 1. The Morgan fingerprint density at radius 1 is 1.21 bits per heavy atom. The number of aryl methyl sites for hydroxylation is 1. The molecule has 0 radical (unpaired) electrons. The normalized spacial score (nSPS) is 13.5. The van der Waals surface area contributed by atoms with Crippen LogP contribution >= 0.6 is 11.6 Å². The minimum atomic E-state index is -4.30. The molecule has 0 fully saturated rings. The standard InChI is InChI=1S/C14H18ClF3O/c1-2-3-4-11-5-7-12(8-6-11)13(15)9-19-10-14(16,17)18/h5-8,13H,2-4,9-10H2,1H3. The second-order valence-electron chi connectivity index (χ2n) is 4.44. The lowest BCUT2D eigenvalue weighted by atomic mass is 10.1. The first-order chi connectivity index (χ1) is 8.92. The van der Waals surface area contributed by atoms with Gasteiger partial charge in [0, 0.05) is 0 Å². The van der Waals surface area contributed by atoms with E-state index in [1.807, 2.05) is 24.3 Å². The summed E-state index contributed by atoms with van der Waals surface area (Å²) < 4.78 is 40.3. The topological polar surface area (TPSA) is 9.23 Å². The van der Waals surface area contributed by atoms with Crippen molar-refractivity contribution in [3.63, 3.8) is 0 Å². The van der Waals surface area contributed by atoms with Gasteiger partial charge in [-0.15, -0.1) is 11.6 Å². The average Bonchev–Trinajstić information content (AvgIpc) is 2.35. The molecule has 0 aliphatic rings. The summed E-state index contributed by atoms with van der Waals surface area (Å²) >= 11 is 6.00. The molecule has 0 aliphatic carbocycles. The lowest BCUT2D eigenvalue weighted by molar-refractivity contribution is -0.173. The molecule has 5 heteroatoms. The predicted molar refractivity (Wildman–Crippen MR) is 70.5 cm³/mol. The van der Waals surface area contributed by atoms with Crippen LogP contribution in [0.1, 0.15) is 36.3 Å². The second kappa shape index (κ2) is 7.75. The van der Waals surface area contributed by atoms with E-state index in [-0.39, 0.29) is 6.61 Å². The van der Waals surface area contributed by atoms with Crippen LogP contribution in [0.3, 0.4) is 0 Å². The first kappa shape index (κ1) is 16.3. The van der Waals surface area contributed by atoms with Gasteiger partial charge in [-0.2, -0.15) is 13.2 Å². The molecule has 1 rings (SSSR count). The van der Waals surface area contributed by atoms with Gasteiger partial charge in [0.1, 0.15) is 6.61 Å². The van der Waals surface area contributed by atoms with E-state index in [4.69, 9.17) is 11.6 Å². The van der Waals surface area contributed by atoms with Crippen LogP contribution in [0.2, 0.25) is 0 Å². The summed E-state index contributed by atoms with van der Waals surface area (Å²) in [4.78, 5) is 0. The lowest BCUT2D eigenvalue weighted by Gasteiger charge is -2.12. The SMILES string of the molecule is CCCCc1ccc(C(Cl)COCC(F)(F)F)cc1. The van der Waals surface area contributed by atoms with Gasteiger partial charge in [0.2, 0.25) is 0 Å². The smallest absolute Gasteiger partial charge is 0.370 e. The van der Waals surface area contributed by atoms with Crippen molar-refractivity contribution in [2.45, 2.75) is 37.7 Å². The molecule has 1 aromatic carbocycles. The highest BCUT2D eigenvalue weighted by molar-refractivity contribution is 6.20. The van der Waals surface area contributed by atoms with Gasteiger partial charge in [-0.3, -0.25) is 0 Å². The van der Waals surface area contributed by atoms with Crippen molar-refractivity contribution in [3.8, 4) is 0 Å². The maximum atomic E-state index is 11.9. The maximum Gasteiger partial charge on any atom is 0.411 e. The Hall–Kier alpha value is -0.740. The van der Waals surface area contributed by atoms with Crippen LogP contribution in [-0.2, 0) is 11.2 Å². The molecule has 1 atom stereocenters. The van der Waals surface area contributed by atoms with Crippen LogP contribution in [0, 0.1) is 0 Å². The van der Waals surface area contributed by atoms with Gasteiger partial charge < -0.3 is 4.74 Å². The molecule has 108 valence electrons. The minimum Gasteiger partial charge on any atom is -0.370 e. The molecule has 0 aliphatic heterocycles. The Morgan fingerprint density at radius 3 is 2.37 bits per heavy atom. The summed E-state index contributed by atoms with van der Waals surface area (Å²) in [5.74, 6) is 0. The van der Waals surface area contributed by atoms with Crippen molar-refractivity contribution in [2.24, 2.45) is 0 Å². The van der Waals surface area contributed by atoms with Crippen LogP contribution in [0.15, 0.2) is 24.3 Å². The highest BCUT2D eigenvalue weighted by Gasteiger charge is 2.27. The van der Waals surface area contributed by atoms with Crippen LogP contribution in [0.25, 0.3) is 0 Å². The molecular formula is C14H18ClF3O. The highest BCUT2D eigenvalue weighted by atomic mass is 35.5. The number of halogens is 4. The summed E-state index contributed by atoms with van der Waals surface area (Å²) in [6.45, 7) is 0.724. The van der Waals surface area contributed by atoms with E-state index < -0.39 is 18.2 Å². The molecule has 0 heterocycles. The van der Waals surface area contributed by atoms with Crippen molar-refractivity contribution in [2.75, 3.05) is 13.2 Å². The second-order valence-corrected chi connectivity index (χ2v) is 4.97. The first-order valence-electron chi connectivity index (χ1n) is 6.30. The van der Waals surface area contributed by atoms with Gasteiger partial charge in [-0.05, 0) is 24.0 Å². The zero-order valence-electron chi connectivity index (χ0n) is 10.8. The Balaban J connectivity index is 2.42. The van der Waals surface area contributed by atoms with E-state index in [1.165, 1.54) is 5.56 Å². The maximum absolute atomic E-state index is 11.9. The number of ether oxygens (including phenoxy) is 1. The van der Waals surface area contributed by atoms with E-state index in [9.17, 15) is 13.2 Å². The summed E-state index contributed by atoms with van der Waals surface area (Å²) in [7, 11) is 0. The van der Waals surface area contributed by atoms with Crippen LogP contribution in [0.4, 0.5) is 13.2 Å². The van der Waals surface area contributed by atoms with Crippen molar-refractivity contribution < 1.29 is 17.9 Å². The molecule has 0 bridgehead atoms. The number of hydrogen-bond acceptors (Lipinski definition) is 1. The molecule has 0 aromatic heterocycles. The van der Waals surface area contributed by atoms with Crippen molar-refractivity contribution in [1.29, 1.82) is 0 Å². The molecule has 0 saturated carbocycles. The number of hydrogen-bond donors (Lipinski definition) is 0. The van der Waals surface area contributed by atoms with Crippen molar-refractivity contribution in [1.82, 2.24) is 0 Å². The van der Waals surface area contributed by atoms with E-state index >= 15 is 0 Å². The molecule has 0 N–H and O–H groups in total. The fourth-order valence-corrected chi connectivity index (χ4v) is 1.88. The van der Waals surface area contributed by atoms with Gasteiger partial charge in [-0.1, -0.05) is 37.6 Å². The molecule has 0 saturated heterocycles. The summed E-state index contributed by atoms with van der Waals surface area (Å²) in [5, 5.41) is -0.553. The van der Waals surface area contributed by atoms with Crippen molar-refractivity contribution in [3.05, 3.63) is 35.4 Å². The molecule has 1 nitrogen and oxygen atoms in total. The van der Waals surface area contributed by atoms with Crippen molar-refractivity contribution >= 4 is 11.6 Å². The Labute approximate surface area is 116 Å². The number of unbranched alkanes of at least 4 members (excludes halogenated alkanes) is 1. The molecule has 0 amide bonds. The summed E-state index contributed by atoms with van der Waals surface area (Å²) in [6, 6.07) is 7.62. The quantitative estimate of drug-likeness (QED) is 0.651. The predicted octanol–water partition coefficient (Wildman–Crippen LogP) is 4.89. The van der Waals surface area contributed by atoms with Crippen LogP contribution < -0.4 is 0 Å². The van der Waals surface area contributed by atoms with Crippen LogP contribution in [0.5, 0.6) is 0 Å². The Kier molecular flexibility index (Phi) is 6.66. The minimum absolute atomic E-state index is 0.143. The molecule has 0 spiro atoms. The summed E-state index contributed by atoms with van der Waals surface area (Å²) in [6.07, 6.45) is -1.04. The van der Waals surface area contributed by atoms with Gasteiger partial charge >= 0.3 is 6.18 Å². The Bertz CT molecular complexity index is 362. The highest BCUT2D eigenvalue weighted by Crippen LogP contribution is 2.23. The lowest BCUT2D eigenvalue weighted by Crippen LogP contribution is -2.18. The fourth-order valence-electron chi connectivity index (χ4n) is 1.65. The zero-order valence-corrected chi connectivity index (χ0v) is 11.6. The summed E-state index contributed by atoms with van der Waals surface area (Å²) in [5.41, 5.74) is 2.00. The number of rotatable bonds is 7. The van der Waals surface area contributed by atoms with E-state index in [2.05, 4.69) is 11.7 Å². The molecule has 1 unspecified atom stereocenters. The fraction of sp³-hybridized carbons (Fsp3) is 0.571. The van der Waals surface area contributed by atoms with Gasteiger partial charge in [0.25, 0.3) is 0 Å². The number of alkyl halides is 4. The van der Waals surface area contributed by atoms with Gasteiger partial charge in [-0.25, -0.2) is 0 Å². The van der Waals surface area contributed by atoms with E-state index in [1.54, 1.807) is 0 Å². The third-order valence-electron chi connectivity index (χ3n) is 2.69. The molecule has 1 aromatic rings. The third kappa shape index (κ3) is 6.83. The van der Waals surface area contributed by atoms with Gasteiger partial charge in [0.05, 0.1) is 12.0 Å². The van der Waals surface area contributed by atoms with E-state index in [0.29, 0.717) is 0 Å². The average molecular weight is 295 g/mol. The molecule has 19 heavy (non-hydrogen) atoms. The zero-order chi connectivity index (χ0) is 14.3. The third-order valence-corrected chi connectivity index (χ3v) is 3.07. The first-order valence-corrected chi connectivity index (χ1v) is 6.73.